The van der Waals surface area contributed by atoms with Crippen LogP contribution in [0.25, 0.3) is 33.3 Å². The molecule has 0 saturated heterocycles. The van der Waals surface area contributed by atoms with E-state index in [0.717, 1.165) is 44.8 Å². The number of fused-ring (bicyclic) bond motifs is 3. The molecule has 0 radical (unpaired) electrons. The van der Waals surface area contributed by atoms with Gasteiger partial charge < -0.3 is 10.0 Å². The molecule has 5 heteroatoms. The molecule has 0 atom stereocenters. The number of anilines is 3. The number of aryl methyl sites for hydroxylation is 3. The number of aromatic hydroxyl groups is 1. The van der Waals surface area contributed by atoms with Crippen molar-refractivity contribution in [3.8, 4) is 40.0 Å². The van der Waals surface area contributed by atoms with Crippen LogP contribution in [0.15, 0.2) is 121 Å². The van der Waals surface area contributed by atoms with Gasteiger partial charge in [0, 0.05) is 43.9 Å². The summed E-state index contributed by atoms with van der Waals surface area (Å²) in [5.41, 5.74) is 13.7. The number of phenols is 1. The zero-order chi connectivity index (χ0) is 34.6. The van der Waals surface area contributed by atoms with Gasteiger partial charge in [-0.1, -0.05) is 104 Å². The molecule has 8 rings (SSSR count). The molecule has 0 saturated carbocycles. The molecule has 0 bridgehead atoms. The van der Waals surface area contributed by atoms with E-state index in [1.807, 2.05) is 60.8 Å². The van der Waals surface area contributed by atoms with Crippen LogP contribution in [0.5, 0.6) is 5.75 Å². The molecule has 0 amide bonds. The number of nitrogens with zero attached hydrogens (tertiary/aromatic N) is 3. The van der Waals surface area contributed by atoms with Crippen LogP contribution in [0.4, 0.5) is 17.2 Å². The zero-order valence-corrected chi connectivity index (χ0v) is 31.4. The van der Waals surface area contributed by atoms with E-state index in [1.165, 1.54) is 27.8 Å². The molecule has 0 aliphatic carbocycles. The summed E-state index contributed by atoms with van der Waals surface area (Å²) < 4.78 is 0. The number of hydrogen-bond donors (Lipinski definition) is 1. The van der Waals surface area contributed by atoms with Gasteiger partial charge in [-0.2, -0.15) is 0 Å². The molecular formula is C46H36N3OPt-. The monoisotopic (exact) mass is 841 g/mol. The minimum absolute atomic E-state index is 0. The summed E-state index contributed by atoms with van der Waals surface area (Å²) in [7, 11) is 0. The number of phenolic OH excluding ortho intramolecular Hbond substituents is 1. The average Bonchev–Trinajstić information content (AvgIpc) is 3.11. The summed E-state index contributed by atoms with van der Waals surface area (Å²) in [6, 6.07) is 42.9. The zero-order valence-electron chi connectivity index (χ0n) is 29.2. The molecule has 7 aromatic rings. The van der Waals surface area contributed by atoms with E-state index in [0.29, 0.717) is 16.8 Å². The molecule has 0 fully saturated rings. The number of hydrogen-bond acceptors (Lipinski definition) is 4. The molecule has 4 nitrogen and oxygen atoms in total. The molecule has 1 aliphatic rings. The summed E-state index contributed by atoms with van der Waals surface area (Å²) in [5, 5.41) is 12.2. The van der Waals surface area contributed by atoms with Crippen molar-refractivity contribution in [1.29, 1.82) is 0 Å². The minimum atomic E-state index is -0.277. The van der Waals surface area contributed by atoms with E-state index in [9.17, 15) is 5.11 Å². The average molecular weight is 842 g/mol. The second-order valence-electron chi connectivity index (χ2n) is 13.6. The maximum absolute atomic E-state index is 11.3. The summed E-state index contributed by atoms with van der Waals surface area (Å²) in [4.78, 5) is 12.2. The first-order valence-electron chi connectivity index (χ1n) is 16.9. The Hall–Kier alpha value is -5.49. The van der Waals surface area contributed by atoms with Crippen molar-refractivity contribution in [1.82, 2.24) is 9.97 Å². The van der Waals surface area contributed by atoms with Gasteiger partial charge in [-0.3, -0.25) is 4.98 Å². The van der Waals surface area contributed by atoms with Gasteiger partial charge in [-0.05, 0) is 102 Å². The second kappa shape index (κ2) is 13.3. The summed E-state index contributed by atoms with van der Waals surface area (Å²) in [6.45, 7) is 11.0. The molecule has 1 aliphatic heterocycles. The van der Waals surface area contributed by atoms with E-state index >= 15 is 0 Å². The van der Waals surface area contributed by atoms with Crippen LogP contribution in [0, 0.1) is 38.7 Å². The first kappa shape index (κ1) is 34.0. The summed E-state index contributed by atoms with van der Waals surface area (Å²) in [5.74, 6) is 7.18. The van der Waals surface area contributed by atoms with Gasteiger partial charge in [0.15, 0.2) is 5.75 Å². The fourth-order valence-electron chi connectivity index (χ4n) is 7.43. The van der Waals surface area contributed by atoms with Crippen molar-refractivity contribution in [3.63, 3.8) is 0 Å². The van der Waals surface area contributed by atoms with Gasteiger partial charge in [0.2, 0.25) is 0 Å². The molecule has 252 valence electrons. The van der Waals surface area contributed by atoms with Gasteiger partial charge >= 0.3 is 0 Å². The minimum Gasteiger partial charge on any atom is -0.504 e. The third kappa shape index (κ3) is 6.03. The van der Waals surface area contributed by atoms with Crippen molar-refractivity contribution in [2.45, 2.75) is 40.0 Å². The normalized spacial score (nSPS) is 12.7. The van der Waals surface area contributed by atoms with Gasteiger partial charge in [-0.15, -0.1) is 23.8 Å². The van der Waals surface area contributed by atoms with E-state index in [1.54, 1.807) is 0 Å². The maximum atomic E-state index is 11.3. The number of rotatable bonds is 3. The molecular weight excluding hydrogens is 806 g/mol. The SMILES string of the molecule is Cc1cc(C)c(-c2ccnc(N3c4[c-]c(-c5ccc6ccc(C#Cc7ccccc7)c(O)c6n5)ccc4C(C)(C)c4ccccc43)c2)c(C)c1.[Pt]. The predicted octanol–water partition coefficient (Wildman–Crippen LogP) is 10.9. The topological polar surface area (TPSA) is 49.2 Å². The first-order valence-corrected chi connectivity index (χ1v) is 16.9. The van der Waals surface area contributed by atoms with Gasteiger partial charge in [0.05, 0.1) is 5.56 Å². The molecule has 51 heavy (non-hydrogen) atoms. The molecule has 2 aromatic heterocycles. The molecule has 5 aromatic carbocycles. The standard InChI is InChI=1S/C46H36N3O.Pt/c1-29-25-30(2)43(31(3)26-29)36-23-24-47-42(28-36)49-40-14-10-9-13-37(40)46(4,5)38-21-19-35(27-41(38)49)39-22-20-33-17-18-34(45(50)44(33)48-39)16-15-32-11-7-6-8-12-32;/h6-14,17-26,28,50H,1-5H3;/q-1;. The first-order chi connectivity index (χ1) is 24.2. The van der Waals surface area contributed by atoms with Gasteiger partial charge in [0.1, 0.15) is 11.3 Å². The fourth-order valence-corrected chi connectivity index (χ4v) is 7.43. The van der Waals surface area contributed by atoms with Crippen molar-refractivity contribution in [2.24, 2.45) is 0 Å². The number of aromatic nitrogens is 2. The van der Waals surface area contributed by atoms with Crippen LogP contribution >= 0.6 is 0 Å². The Labute approximate surface area is 314 Å². The number of para-hydroxylation sites is 1. The Bertz CT molecular complexity index is 2500. The summed E-state index contributed by atoms with van der Waals surface area (Å²) in [6.07, 6.45) is 1.90. The van der Waals surface area contributed by atoms with E-state index < -0.39 is 0 Å². The van der Waals surface area contributed by atoms with Crippen molar-refractivity contribution in [3.05, 3.63) is 166 Å². The quantitative estimate of drug-likeness (QED) is 0.142. The van der Waals surface area contributed by atoms with Crippen LogP contribution in [0.3, 0.4) is 0 Å². The maximum Gasteiger partial charge on any atom is 0.156 e. The third-order valence-electron chi connectivity index (χ3n) is 9.81. The van der Waals surface area contributed by atoms with Crippen LogP contribution in [0.1, 0.15) is 52.8 Å². The van der Waals surface area contributed by atoms with E-state index in [2.05, 4.69) is 118 Å². The molecule has 3 heterocycles. The molecule has 0 unspecified atom stereocenters. The van der Waals surface area contributed by atoms with Crippen molar-refractivity contribution >= 4 is 28.1 Å². The summed E-state index contributed by atoms with van der Waals surface area (Å²) >= 11 is 0. The van der Waals surface area contributed by atoms with Crippen LogP contribution in [-0.2, 0) is 26.5 Å². The number of benzene rings is 5. The van der Waals surface area contributed by atoms with Crippen molar-refractivity contribution < 1.29 is 26.2 Å². The Morgan fingerprint density at radius 3 is 2.25 bits per heavy atom. The van der Waals surface area contributed by atoms with Crippen LogP contribution in [-0.4, -0.2) is 15.1 Å². The second-order valence-corrected chi connectivity index (χ2v) is 13.6. The van der Waals surface area contributed by atoms with Gasteiger partial charge in [-0.25, -0.2) is 4.98 Å². The smallest absolute Gasteiger partial charge is 0.156 e. The number of pyridine rings is 2. The Balaban J connectivity index is 0.00000406. The van der Waals surface area contributed by atoms with Crippen LogP contribution in [0.2, 0.25) is 0 Å². The fraction of sp³-hybridized carbons (Fsp3) is 0.130. The Kier molecular flexibility index (Phi) is 8.88. The van der Waals surface area contributed by atoms with Gasteiger partial charge in [0.25, 0.3) is 0 Å². The van der Waals surface area contributed by atoms with Crippen molar-refractivity contribution in [2.75, 3.05) is 4.90 Å². The largest absolute Gasteiger partial charge is 0.504 e. The third-order valence-corrected chi connectivity index (χ3v) is 9.81. The molecule has 0 spiro atoms. The molecule has 1 N–H and O–H groups in total. The van der Waals surface area contributed by atoms with Crippen LogP contribution < -0.4 is 4.90 Å². The van der Waals surface area contributed by atoms with E-state index in [4.69, 9.17) is 9.97 Å². The Morgan fingerprint density at radius 1 is 0.745 bits per heavy atom. The Morgan fingerprint density at radius 2 is 1.47 bits per heavy atom. The van der Waals surface area contributed by atoms with E-state index in [-0.39, 0.29) is 32.2 Å². The predicted molar refractivity (Wildman–Crippen MR) is 204 cm³/mol.